The number of rotatable bonds is 0. The van der Waals surface area contributed by atoms with Gasteiger partial charge in [-0.3, -0.25) is 0 Å². The molecule has 0 fully saturated rings. The van der Waals surface area contributed by atoms with Gasteiger partial charge in [-0.05, 0) is 37.3 Å². The number of aryl methyl sites for hydroxylation is 1. The monoisotopic (exact) mass is 284 g/mol. The second-order valence-electron chi connectivity index (χ2n) is 6.27. The molecular formula is C17H20N2O2. The largest absolute Gasteiger partial charge is 0.465 e. The van der Waals surface area contributed by atoms with Gasteiger partial charge in [0.15, 0.2) is 0 Å². The van der Waals surface area contributed by atoms with Crippen molar-refractivity contribution in [1.82, 2.24) is 9.47 Å². The number of carboxylic acid groups (broad SMARTS) is 1. The number of benzene rings is 1. The SMILES string of the molecule is CC1CCc2cccc3c4c(n1c23)CCN(C(=O)O)CC4. The van der Waals surface area contributed by atoms with Gasteiger partial charge in [0.25, 0.3) is 0 Å². The summed E-state index contributed by atoms with van der Waals surface area (Å²) in [6.45, 7) is 3.51. The van der Waals surface area contributed by atoms with E-state index in [1.54, 1.807) is 4.90 Å². The van der Waals surface area contributed by atoms with E-state index in [1.165, 1.54) is 34.1 Å². The van der Waals surface area contributed by atoms with E-state index in [2.05, 4.69) is 29.7 Å². The smallest absolute Gasteiger partial charge is 0.407 e. The van der Waals surface area contributed by atoms with Crippen molar-refractivity contribution in [3.05, 3.63) is 35.0 Å². The lowest BCUT2D eigenvalue weighted by atomic mass is 9.99. The van der Waals surface area contributed by atoms with Crippen molar-refractivity contribution in [2.75, 3.05) is 13.1 Å². The minimum atomic E-state index is -0.795. The van der Waals surface area contributed by atoms with Gasteiger partial charge in [-0.1, -0.05) is 18.2 Å². The van der Waals surface area contributed by atoms with Gasteiger partial charge < -0.3 is 14.6 Å². The summed E-state index contributed by atoms with van der Waals surface area (Å²) in [6.07, 6.45) is 3.21. The van der Waals surface area contributed by atoms with Crippen molar-refractivity contribution in [2.45, 2.75) is 38.6 Å². The van der Waals surface area contributed by atoms with E-state index in [4.69, 9.17) is 0 Å². The summed E-state index contributed by atoms with van der Waals surface area (Å²) in [5, 5.41) is 10.6. The van der Waals surface area contributed by atoms with Crippen LogP contribution >= 0.6 is 0 Å². The van der Waals surface area contributed by atoms with E-state index in [9.17, 15) is 9.90 Å². The Kier molecular flexibility index (Phi) is 2.74. The number of nitrogens with zero attached hydrogens (tertiary/aromatic N) is 2. The molecule has 2 aliphatic rings. The molecule has 2 aliphatic heterocycles. The summed E-state index contributed by atoms with van der Waals surface area (Å²) in [6, 6.07) is 7.12. The van der Waals surface area contributed by atoms with E-state index in [1.807, 2.05) is 0 Å². The van der Waals surface area contributed by atoms with Crippen LogP contribution in [0.25, 0.3) is 10.9 Å². The molecule has 110 valence electrons. The molecule has 1 amide bonds. The van der Waals surface area contributed by atoms with Gasteiger partial charge in [-0.25, -0.2) is 4.79 Å². The number of amides is 1. The Morgan fingerprint density at radius 1 is 1.24 bits per heavy atom. The number of hydrogen-bond donors (Lipinski definition) is 1. The van der Waals surface area contributed by atoms with Gasteiger partial charge in [0.1, 0.15) is 0 Å². The van der Waals surface area contributed by atoms with E-state index in [0.29, 0.717) is 19.1 Å². The van der Waals surface area contributed by atoms with Crippen molar-refractivity contribution in [3.63, 3.8) is 0 Å². The maximum atomic E-state index is 11.2. The molecule has 1 atom stereocenters. The summed E-state index contributed by atoms with van der Waals surface area (Å²) in [5.41, 5.74) is 5.61. The van der Waals surface area contributed by atoms with Crippen LogP contribution in [0.15, 0.2) is 18.2 Å². The van der Waals surface area contributed by atoms with Gasteiger partial charge >= 0.3 is 6.09 Å². The Morgan fingerprint density at radius 2 is 2.05 bits per heavy atom. The fraction of sp³-hybridized carbons (Fsp3) is 0.471. The molecule has 4 nitrogen and oxygen atoms in total. The molecule has 4 rings (SSSR count). The average Bonchev–Trinajstić information content (AvgIpc) is 2.65. The molecule has 0 saturated carbocycles. The van der Waals surface area contributed by atoms with Gasteiger partial charge in [0.2, 0.25) is 0 Å². The van der Waals surface area contributed by atoms with Crippen LogP contribution in [-0.2, 0) is 19.3 Å². The quantitative estimate of drug-likeness (QED) is 0.807. The van der Waals surface area contributed by atoms with Gasteiger partial charge in [0, 0.05) is 36.6 Å². The number of carbonyl (C=O) groups is 1. The third kappa shape index (κ3) is 1.78. The fourth-order valence-electron chi connectivity index (χ4n) is 4.08. The van der Waals surface area contributed by atoms with E-state index >= 15 is 0 Å². The summed E-state index contributed by atoms with van der Waals surface area (Å²) >= 11 is 0. The summed E-state index contributed by atoms with van der Waals surface area (Å²) in [7, 11) is 0. The molecule has 0 bridgehead atoms. The molecule has 0 radical (unpaired) electrons. The van der Waals surface area contributed by atoms with Gasteiger partial charge in [-0.2, -0.15) is 0 Å². The lowest BCUT2D eigenvalue weighted by Crippen LogP contribution is -2.32. The lowest BCUT2D eigenvalue weighted by molar-refractivity contribution is 0.147. The normalized spacial score (nSPS) is 21.2. The zero-order valence-corrected chi connectivity index (χ0v) is 12.3. The Morgan fingerprint density at radius 3 is 2.86 bits per heavy atom. The molecule has 0 spiro atoms. The fourth-order valence-corrected chi connectivity index (χ4v) is 4.08. The molecular weight excluding hydrogens is 264 g/mol. The highest BCUT2D eigenvalue weighted by molar-refractivity contribution is 5.89. The van der Waals surface area contributed by atoms with Crippen LogP contribution in [-0.4, -0.2) is 33.8 Å². The minimum Gasteiger partial charge on any atom is -0.465 e. The van der Waals surface area contributed by atoms with E-state index < -0.39 is 6.09 Å². The topological polar surface area (TPSA) is 45.5 Å². The third-order valence-electron chi connectivity index (χ3n) is 5.12. The van der Waals surface area contributed by atoms with Crippen molar-refractivity contribution in [3.8, 4) is 0 Å². The Hall–Kier alpha value is -1.97. The molecule has 1 aromatic heterocycles. The maximum Gasteiger partial charge on any atom is 0.407 e. The predicted molar refractivity (Wildman–Crippen MR) is 82.0 cm³/mol. The molecule has 1 N–H and O–H groups in total. The Balaban J connectivity index is 1.91. The molecule has 1 unspecified atom stereocenters. The van der Waals surface area contributed by atoms with Crippen LogP contribution in [0, 0.1) is 0 Å². The van der Waals surface area contributed by atoms with Crippen LogP contribution in [0.5, 0.6) is 0 Å². The zero-order valence-electron chi connectivity index (χ0n) is 12.3. The lowest BCUT2D eigenvalue weighted by Gasteiger charge is -2.25. The first-order valence-electron chi connectivity index (χ1n) is 7.78. The third-order valence-corrected chi connectivity index (χ3v) is 5.12. The van der Waals surface area contributed by atoms with E-state index in [-0.39, 0.29) is 0 Å². The summed E-state index contributed by atoms with van der Waals surface area (Å²) in [5.74, 6) is 0. The second kappa shape index (κ2) is 4.52. The first kappa shape index (κ1) is 12.7. The Bertz CT molecular complexity index is 732. The van der Waals surface area contributed by atoms with Gasteiger partial charge in [-0.15, -0.1) is 0 Å². The Labute approximate surface area is 124 Å². The van der Waals surface area contributed by atoms with Crippen LogP contribution < -0.4 is 0 Å². The molecule has 2 aromatic rings. The van der Waals surface area contributed by atoms with Crippen molar-refractivity contribution < 1.29 is 9.90 Å². The summed E-state index contributed by atoms with van der Waals surface area (Å²) in [4.78, 5) is 12.8. The molecule has 21 heavy (non-hydrogen) atoms. The average molecular weight is 284 g/mol. The molecule has 3 heterocycles. The first-order valence-corrected chi connectivity index (χ1v) is 7.78. The van der Waals surface area contributed by atoms with Crippen LogP contribution in [0.2, 0.25) is 0 Å². The van der Waals surface area contributed by atoms with Crippen molar-refractivity contribution >= 4 is 17.0 Å². The van der Waals surface area contributed by atoms with Gasteiger partial charge in [0.05, 0.1) is 5.52 Å². The highest BCUT2D eigenvalue weighted by Crippen LogP contribution is 2.38. The number of para-hydroxylation sites is 1. The number of fused-ring (bicyclic) bond motifs is 3. The molecule has 0 saturated heterocycles. The molecule has 0 aliphatic carbocycles. The standard InChI is InChI=1S/C17H20N2O2/c1-11-5-6-12-3-2-4-14-13-7-9-18(17(20)21)10-8-15(13)19(11)16(12)14/h2-4,11H,5-10H2,1H3,(H,20,21). The van der Waals surface area contributed by atoms with Crippen LogP contribution in [0.3, 0.4) is 0 Å². The number of hydrogen-bond acceptors (Lipinski definition) is 1. The highest BCUT2D eigenvalue weighted by Gasteiger charge is 2.28. The van der Waals surface area contributed by atoms with Crippen molar-refractivity contribution in [2.24, 2.45) is 0 Å². The molecule has 1 aromatic carbocycles. The van der Waals surface area contributed by atoms with Crippen molar-refractivity contribution in [1.29, 1.82) is 0 Å². The van der Waals surface area contributed by atoms with E-state index in [0.717, 1.165) is 19.3 Å². The molecule has 4 heteroatoms. The minimum absolute atomic E-state index is 0.516. The predicted octanol–water partition coefficient (Wildman–Crippen LogP) is 3.23. The zero-order chi connectivity index (χ0) is 14.6. The summed E-state index contributed by atoms with van der Waals surface area (Å²) < 4.78 is 2.49. The first-order chi connectivity index (χ1) is 10.2. The van der Waals surface area contributed by atoms with Crippen LogP contribution in [0.4, 0.5) is 4.79 Å². The maximum absolute atomic E-state index is 11.2. The number of aromatic nitrogens is 1. The highest BCUT2D eigenvalue weighted by atomic mass is 16.4. The second-order valence-corrected chi connectivity index (χ2v) is 6.27. The van der Waals surface area contributed by atoms with Crippen LogP contribution in [0.1, 0.15) is 36.2 Å².